The lowest BCUT2D eigenvalue weighted by molar-refractivity contribution is -0.122. The van der Waals surface area contributed by atoms with Gasteiger partial charge in [0, 0.05) is 44.1 Å². The third-order valence-electron chi connectivity index (χ3n) is 5.59. The molecule has 0 atom stereocenters. The standard InChI is InChI=1S/C24H24F3N3O2/c25-18-4-2-17(3-5-18)22-14-28-24(32-22)8-7-23(31)29-19-9-11-30(12-10-19)15-16-1-6-20(26)21(27)13-16/h1-6,13-14,19H,7-12,15H2,(H,29,31). The minimum absolute atomic E-state index is 0.0643. The van der Waals surface area contributed by atoms with E-state index in [1.165, 1.54) is 18.2 Å². The molecular weight excluding hydrogens is 419 g/mol. The Balaban J connectivity index is 1.19. The van der Waals surface area contributed by atoms with E-state index in [2.05, 4.69) is 15.2 Å². The zero-order chi connectivity index (χ0) is 22.5. The van der Waals surface area contributed by atoms with E-state index in [0.29, 0.717) is 24.6 Å². The number of hydrogen-bond donors (Lipinski definition) is 1. The molecule has 0 unspecified atom stereocenters. The quantitative estimate of drug-likeness (QED) is 0.585. The van der Waals surface area contributed by atoms with Gasteiger partial charge in [0.15, 0.2) is 23.3 Å². The number of carbonyl (C=O) groups excluding carboxylic acids is 1. The third kappa shape index (κ3) is 5.76. The van der Waals surface area contributed by atoms with E-state index in [4.69, 9.17) is 4.42 Å². The van der Waals surface area contributed by atoms with Crippen molar-refractivity contribution in [2.75, 3.05) is 13.1 Å². The molecule has 1 saturated heterocycles. The summed E-state index contributed by atoms with van der Waals surface area (Å²) < 4.78 is 45.1. The van der Waals surface area contributed by atoms with E-state index >= 15 is 0 Å². The summed E-state index contributed by atoms with van der Waals surface area (Å²) in [6.45, 7) is 2.09. The maximum Gasteiger partial charge on any atom is 0.220 e. The molecule has 0 radical (unpaired) electrons. The second-order valence-electron chi connectivity index (χ2n) is 7.99. The van der Waals surface area contributed by atoms with Crippen LogP contribution in [-0.4, -0.2) is 34.9 Å². The average molecular weight is 443 g/mol. The summed E-state index contributed by atoms with van der Waals surface area (Å²) >= 11 is 0. The first kappa shape index (κ1) is 22.1. The number of oxazole rings is 1. The van der Waals surface area contributed by atoms with Gasteiger partial charge in [0.25, 0.3) is 0 Å². The molecule has 168 valence electrons. The zero-order valence-corrected chi connectivity index (χ0v) is 17.5. The SMILES string of the molecule is O=C(CCc1ncc(-c2ccc(F)cc2)o1)NC1CCN(Cc2ccc(F)c(F)c2)CC1. The molecule has 1 aromatic heterocycles. The van der Waals surface area contributed by atoms with Crippen molar-refractivity contribution in [1.82, 2.24) is 15.2 Å². The van der Waals surface area contributed by atoms with Crippen LogP contribution in [0.15, 0.2) is 53.1 Å². The fraction of sp³-hybridized carbons (Fsp3) is 0.333. The molecule has 5 nitrogen and oxygen atoms in total. The molecule has 32 heavy (non-hydrogen) atoms. The highest BCUT2D eigenvalue weighted by atomic mass is 19.2. The zero-order valence-electron chi connectivity index (χ0n) is 17.5. The van der Waals surface area contributed by atoms with Crippen LogP contribution in [0.3, 0.4) is 0 Å². The predicted octanol–water partition coefficient (Wildman–Crippen LogP) is 4.47. The molecule has 0 saturated carbocycles. The molecule has 8 heteroatoms. The Labute approximate surface area is 184 Å². The second-order valence-corrected chi connectivity index (χ2v) is 7.99. The van der Waals surface area contributed by atoms with Crippen LogP contribution in [0.25, 0.3) is 11.3 Å². The molecule has 1 amide bonds. The van der Waals surface area contributed by atoms with Gasteiger partial charge in [0.2, 0.25) is 5.91 Å². The lowest BCUT2D eigenvalue weighted by Crippen LogP contribution is -2.44. The summed E-state index contributed by atoms with van der Waals surface area (Å²) in [6.07, 6.45) is 3.80. The first-order valence-electron chi connectivity index (χ1n) is 10.6. The van der Waals surface area contributed by atoms with Crippen molar-refractivity contribution in [3.05, 3.63) is 77.6 Å². The summed E-state index contributed by atoms with van der Waals surface area (Å²) in [5.41, 5.74) is 1.46. The van der Waals surface area contributed by atoms with Crippen molar-refractivity contribution < 1.29 is 22.4 Å². The van der Waals surface area contributed by atoms with E-state index in [1.807, 2.05) is 0 Å². The number of piperidine rings is 1. The molecule has 1 N–H and O–H groups in total. The number of carbonyl (C=O) groups is 1. The van der Waals surface area contributed by atoms with Crippen LogP contribution in [0.2, 0.25) is 0 Å². The number of rotatable bonds is 7. The van der Waals surface area contributed by atoms with E-state index in [0.717, 1.165) is 43.1 Å². The molecule has 2 aromatic carbocycles. The van der Waals surface area contributed by atoms with Gasteiger partial charge in [-0.05, 0) is 54.8 Å². The molecule has 2 heterocycles. The highest BCUT2D eigenvalue weighted by Crippen LogP contribution is 2.21. The van der Waals surface area contributed by atoms with Crippen molar-refractivity contribution in [3.63, 3.8) is 0 Å². The van der Waals surface area contributed by atoms with Gasteiger partial charge >= 0.3 is 0 Å². The van der Waals surface area contributed by atoms with E-state index in [1.54, 1.807) is 24.4 Å². The van der Waals surface area contributed by atoms with Crippen LogP contribution in [-0.2, 0) is 17.8 Å². The number of benzene rings is 2. The van der Waals surface area contributed by atoms with Gasteiger partial charge in [0.1, 0.15) is 5.82 Å². The maximum atomic E-state index is 13.4. The van der Waals surface area contributed by atoms with E-state index in [9.17, 15) is 18.0 Å². The van der Waals surface area contributed by atoms with Crippen molar-refractivity contribution >= 4 is 5.91 Å². The van der Waals surface area contributed by atoms with Crippen molar-refractivity contribution in [1.29, 1.82) is 0 Å². The minimum Gasteiger partial charge on any atom is -0.441 e. The number of likely N-dealkylation sites (tertiary alicyclic amines) is 1. The molecule has 4 rings (SSSR count). The number of amides is 1. The van der Waals surface area contributed by atoms with Gasteiger partial charge in [-0.1, -0.05) is 6.07 Å². The normalized spacial score (nSPS) is 15.1. The summed E-state index contributed by atoms with van der Waals surface area (Å²) in [6, 6.07) is 10.00. The number of nitrogens with zero attached hydrogens (tertiary/aromatic N) is 2. The van der Waals surface area contributed by atoms with E-state index in [-0.39, 0.29) is 24.2 Å². The smallest absolute Gasteiger partial charge is 0.220 e. The third-order valence-corrected chi connectivity index (χ3v) is 5.59. The van der Waals surface area contributed by atoms with Gasteiger partial charge in [0.05, 0.1) is 6.20 Å². The summed E-state index contributed by atoms with van der Waals surface area (Å²) in [5, 5.41) is 3.05. The Kier molecular flexibility index (Phi) is 6.90. The Bertz CT molecular complexity index is 1060. The van der Waals surface area contributed by atoms with Gasteiger partial charge in [-0.3, -0.25) is 9.69 Å². The van der Waals surface area contributed by atoms with Gasteiger partial charge in [-0.15, -0.1) is 0 Å². The molecule has 0 spiro atoms. The summed E-state index contributed by atoms with van der Waals surface area (Å²) in [7, 11) is 0. The lowest BCUT2D eigenvalue weighted by atomic mass is 10.0. The van der Waals surface area contributed by atoms with Crippen LogP contribution in [0.5, 0.6) is 0 Å². The number of halogens is 3. The molecule has 0 bridgehead atoms. The highest BCUT2D eigenvalue weighted by molar-refractivity contribution is 5.76. The topological polar surface area (TPSA) is 58.4 Å². The molecule has 3 aromatic rings. The Morgan fingerprint density at radius 3 is 2.53 bits per heavy atom. The monoisotopic (exact) mass is 443 g/mol. The van der Waals surface area contributed by atoms with Crippen LogP contribution in [0.1, 0.15) is 30.7 Å². The maximum absolute atomic E-state index is 13.4. The Hall–Kier alpha value is -3.13. The summed E-state index contributed by atoms with van der Waals surface area (Å²) in [4.78, 5) is 18.7. The van der Waals surface area contributed by atoms with Crippen molar-refractivity contribution in [3.8, 4) is 11.3 Å². The summed E-state index contributed by atoms with van der Waals surface area (Å²) in [5.74, 6) is -1.06. The fourth-order valence-electron chi connectivity index (χ4n) is 3.83. The highest BCUT2D eigenvalue weighted by Gasteiger charge is 2.21. The first-order chi connectivity index (χ1) is 15.5. The largest absolute Gasteiger partial charge is 0.441 e. The van der Waals surface area contributed by atoms with Crippen LogP contribution >= 0.6 is 0 Å². The van der Waals surface area contributed by atoms with Crippen LogP contribution in [0, 0.1) is 17.5 Å². The average Bonchev–Trinajstić information content (AvgIpc) is 3.26. The fourth-order valence-corrected chi connectivity index (χ4v) is 3.83. The predicted molar refractivity (Wildman–Crippen MR) is 113 cm³/mol. The molecular formula is C24H24F3N3O2. The van der Waals surface area contributed by atoms with Crippen molar-refractivity contribution in [2.24, 2.45) is 0 Å². The van der Waals surface area contributed by atoms with Crippen LogP contribution < -0.4 is 5.32 Å². The van der Waals surface area contributed by atoms with Gasteiger partial charge < -0.3 is 9.73 Å². The minimum atomic E-state index is -0.841. The number of hydrogen-bond acceptors (Lipinski definition) is 4. The number of aromatic nitrogens is 1. The van der Waals surface area contributed by atoms with Crippen molar-refractivity contribution in [2.45, 2.75) is 38.3 Å². The second kappa shape index (κ2) is 9.99. The molecule has 1 aliphatic heterocycles. The lowest BCUT2D eigenvalue weighted by Gasteiger charge is -2.32. The Morgan fingerprint density at radius 1 is 1.06 bits per heavy atom. The van der Waals surface area contributed by atoms with Crippen LogP contribution in [0.4, 0.5) is 13.2 Å². The van der Waals surface area contributed by atoms with Gasteiger partial charge in [-0.25, -0.2) is 18.2 Å². The number of nitrogens with one attached hydrogen (secondary N) is 1. The molecule has 0 aliphatic carbocycles. The van der Waals surface area contributed by atoms with Gasteiger partial charge in [-0.2, -0.15) is 0 Å². The first-order valence-corrected chi connectivity index (χ1v) is 10.6. The molecule has 1 aliphatic rings. The Morgan fingerprint density at radius 2 is 1.81 bits per heavy atom. The van der Waals surface area contributed by atoms with E-state index < -0.39 is 11.6 Å². The molecule has 1 fully saturated rings. The number of aryl methyl sites for hydroxylation is 1.